The Kier molecular flexibility index (Phi) is 4.01. The number of hydrogen-bond donors (Lipinski definition) is 2. The van der Waals surface area contributed by atoms with E-state index in [1.807, 2.05) is 0 Å². The largest absolute Gasteiger partial charge is 0.426 e. The summed E-state index contributed by atoms with van der Waals surface area (Å²) in [6.07, 6.45) is -5.01. The zero-order chi connectivity index (χ0) is 14.0. The lowest BCUT2D eigenvalue weighted by Crippen LogP contribution is -2.55. The average Bonchev–Trinajstić information content (AvgIpc) is 2.28. The summed E-state index contributed by atoms with van der Waals surface area (Å²) in [6.45, 7) is 1.97. The fraction of sp³-hybridized carbons (Fsp3) is 0.417. The molecule has 1 rings (SSSR count). The molecule has 1 aromatic carbocycles. The highest BCUT2D eigenvalue weighted by Gasteiger charge is 2.55. The molecule has 1 amide bonds. The van der Waals surface area contributed by atoms with E-state index in [2.05, 4.69) is 5.32 Å². The second-order valence-electron chi connectivity index (χ2n) is 4.18. The number of halogens is 3. The van der Waals surface area contributed by atoms with Gasteiger partial charge in [0, 0.05) is 0 Å². The summed E-state index contributed by atoms with van der Waals surface area (Å²) in [5, 5.41) is 11.3. The minimum absolute atomic E-state index is 0.431. The van der Waals surface area contributed by atoms with E-state index < -0.39 is 23.7 Å². The molecule has 6 heteroatoms. The van der Waals surface area contributed by atoms with Gasteiger partial charge in [-0.05, 0) is 19.4 Å². The van der Waals surface area contributed by atoms with Crippen LogP contribution < -0.4 is 5.32 Å². The summed E-state index contributed by atoms with van der Waals surface area (Å²) >= 11 is 0. The van der Waals surface area contributed by atoms with Gasteiger partial charge in [0.1, 0.15) is 0 Å². The maximum absolute atomic E-state index is 12.4. The molecule has 0 radical (unpaired) electrons. The van der Waals surface area contributed by atoms with Gasteiger partial charge in [-0.2, -0.15) is 13.2 Å². The van der Waals surface area contributed by atoms with Crippen LogP contribution in [0.3, 0.4) is 0 Å². The second kappa shape index (κ2) is 4.97. The molecule has 0 fully saturated rings. The highest BCUT2D eigenvalue weighted by Crippen LogP contribution is 2.30. The normalized spacial score (nSPS) is 16.8. The number of benzene rings is 1. The Morgan fingerprint density at radius 1 is 1.28 bits per heavy atom. The van der Waals surface area contributed by atoms with Crippen molar-refractivity contribution in [1.82, 2.24) is 5.32 Å². The third-order valence-corrected chi connectivity index (χ3v) is 2.64. The molecular weight excluding hydrogens is 247 g/mol. The maximum atomic E-state index is 12.4. The Morgan fingerprint density at radius 2 is 1.78 bits per heavy atom. The van der Waals surface area contributed by atoms with Crippen LogP contribution in [0.1, 0.15) is 25.5 Å². The topological polar surface area (TPSA) is 49.3 Å². The Labute approximate surface area is 103 Å². The summed E-state index contributed by atoms with van der Waals surface area (Å²) < 4.78 is 37.3. The van der Waals surface area contributed by atoms with E-state index in [-0.39, 0.29) is 0 Å². The molecule has 18 heavy (non-hydrogen) atoms. The van der Waals surface area contributed by atoms with Crippen LogP contribution in [0.2, 0.25) is 0 Å². The number of aliphatic hydroxyl groups is 1. The maximum Gasteiger partial charge on any atom is 0.426 e. The van der Waals surface area contributed by atoms with Gasteiger partial charge in [-0.25, -0.2) is 0 Å². The van der Waals surface area contributed by atoms with E-state index in [9.17, 15) is 23.1 Å². The van der Waals surface area contributed by atoms with Gasteiger partial charge >= 0.3 is 6.18 Å². The van der Waals surface area contributed by atoms with Gasteiger partial charge in [0.2, 0.25) is 5.60 Å². The van der Waals surface area contributed by atoms with Crippen molar-refractivity contribution in [2.75, 3.05) is 0 Å². The van der Waals surface area contributed by atoms with Crippen LogP contribution in [0.5, 0.6) is 0 Å². The van der Waals surface area contributed by atoms with Crippen LogP contribution in [0.25, 0.3) is 0 Å². The third kappa shape index (κ3) is 3.01. The lowest BCUT2D eigenvalue weighted by molar-refractivity contribution is -0.245. The van der Waals surface area contributed by atoms with Crippen LogP contribution in [-0.2, 0) is 4.79 Å². The first kappa shape index (κ1) is 14.5. The van der Waals surface area contributed by atoms with Crippen LogP contribution in [-0.4, -0.2) is 22.8 Å². The van der Waals surface area contributed by atoms with Gasteiger partial charge in [-0.3, -0.25) is 4.79 Å². The average molecular weight is 261 g/mol. The van der Waals surface area contributed by atoms with Crippen molar-refractivity contribution in [2.45, 2.75) is 31.7 Å². The molecule has 2 N–H and O–H groups in total. The highest BCUT2D eigenvalue weighted by atomic mass is 19.4. The molecule has 3 nitrogen and oxygen atoms in total. The molecule has 0 spiro atoms. The number of carbonyl (C=O) groups is 1. The third-order valence-electron chi connectivity index (χ3n) is 2.64. The van der Waals surface area contributed by atoms with E-state index in [1.165, 1.54) is 0 Å². The SMILES string of the molecule is C[C@H](NC(=O)[C@](C)(O)C(F)(F)F)c1ccccc1. The molecule has 0 unspecified atom stereocenters. The molecule has 0 aliphatic heterocycles. The molecule has 0 aliphatic carbocycles. The minimum Gasteiger partial charge on any atom is -0.373 e. The van der Waals surface area contributed by atoms with Gasteiger partial charge in [0.05, 0.1) is 6.04 Å². The predicted octanol–water partition coefficient (Wildman–Crippen LogP) is 2.18. The first-order valence-electron chi connectivity index (χ1n) is 5.31. The summed E-state index contributed by atoms with van der Waals surface area (Å²) in [4.78, 5) is 11.4. The van der Waals surface area contributed by atoms with Gasteiger partial charge in [-0.1, -0.05) is 30.3 Å². The van der Waals surface area contributed by atoms with Crippen molar-refractivity contribution in [3.63, 3.8) is 0 Å². The fourth-order valence-electron chi connectivity index (χ4n) is 1.29. The standard InChI is InChI=1S/C12H14F3NO2/c1-8(9-6-4-3-5-7-9)16-10(17)11(2,18)12(13,14)15/h3-8,18H,1-2H3,(H,16,17)/t8-,11-/m0/s1. The predicted molar refractivity (Wildman–Crippen MR) is 59.7 cm³/mol. The van der Waals surface area contributed by atoms with Crippen molar-refractivity contribution < 1.29 is 23.1 Å². The molecule has 0 saturated carbocycles. The zero-order valence-corrected chi connectivity index (χ0v) is 9.95. The summed E-state index contributed by atoms with van der Waals surface area (Å²) in [7, 11) is 0. The van der Waals surface area contributed by atoms with Crippen molar-refractivity contribution in [2.24, 2.45) is 0 Å². The lowest BCUT2D eigenvalue weighted by atomic mass is 10.0. The van der Waals surface area contributed by atoms with E-state index in [0.29, 0.717) is 12.5 Å². The van der Waals surface area contributed by atoms with Crippen LogP contribution in [0.4, 0.5) is 13.2 Å². The molecule has 2 atom stereocenters. The molecule has 1 aromatic rings. The summed E-state index contributed by atoms with van der Waals surface area (Å²) in [6, 6.07) is 7.90. The summed E-state index contributed by atoms with van der Waals surface area (Å²) in [5.41, 5.74) is -2.74. The quantitative estimate of drug-likeness (QED) is 0.876. The Morgan fingerprint density at radius 3 is 2.22 bits per heavy atom. The van der Waals surface area contributed by atoms with Gasteiger partial charge in [0.25, 0.3) is 5.91 Å². The smallest absolute Gasteiger partial charge is 0.373 e. The lowest BCUT2D eigenvalue weighted by Gasteiger charge is -2.26. The van der Waals surface area contributed by atoms with Crippen molar-refractivity contribution in [3.8, 4) is 0 Å². The van der Waals surface area contributed by atoms with E-state index in [0.717, 1.165) is 0 Å². The molecule has 0 heterocycles. The van der Waals surface area contributed by atoms with Gasteiger partial charge < -0.3 is 10.4 Å². The molecule has 0 aromatic heterocycles. The van der Waals surface area contributed by atoms with Crippen molar-refractivity contribution in [1.29, 1.82) is 0 Å². The second-order valence-corrected chi connectivity index (χ2v) is 4.18. The molecule has 100 valence electrons. The first-order chi connectivity index (χ1) is 8.16. The van der Waals surface area contributed by atoms with Crippen LogP contribution in [0, 0.1) is 0 Å². The van der Waals surface area contributed by atoms with E-state index >= 15 is 0 Å². The fourth-order valence-corrected chi connectivity index (χ4v) is 1.29. The Balaban J connectivity index is 2.78. The Hall–Kier alpha value is -1.56. The molecule has 0 saturated heterocycles. The zero-order valence-electron chi connectivity index (χ0n) is 9.95. The number of carbonyl (C=O) groups excluding carboxylic acids is 1. The number of rotatable bonds is 3. The monoisotopic (exact) mass is 261 g/mol. The van der Waals surface area contributed by atoms with E-state index in [4.69, 9.17) is 0 Å². The van der Waals surface area contributed by atoms with Crippen molar-refractivity contribution >= 4 is 5.91 Å². The van der Waals surface area contributed by atoms with Crippen LogP contribution in [0.15, 0.2) is 30.3 Å². The molecular formula is C12H14F3NO2. The number of nitrogens with one attached hydrogen (secondary N) is 1. The highest BCUT2D eigenvalue weighted by molar-refractivity contribution is 5.85. The number of alkyl halides is 3. The summed E-state index contributed by atoms with van der Waals surface area (Å²) in [5.74, 6) is -1.47. The minimum atomic E-state index is -5.01. The molecule has 0 aliphatic rings. The molecule has 0 bridgehead atoms. The van der Waals surface area contributed by atoms with E-state index in [1.54, 1.807) is 37.3 Å². The number of hydrogen-bond acceptors (Lipinski definition) is 2. The van der Waals surface area contributed by atoms with Gasteiger partial charge in [-0.15, -0.1) is 0 Å². The van der Waals surface area contributed by atoms with Crippen LogP contribution >= 0.6 is 0 Å². The first-order valence-corrected chi connectivity index (χ1v) is 5.31. The number of amides is 1. The van der Waals surface area contributed by atoms with Gasteiger partial charge in [0.15, 0.2) is 0 Å². The Bertz CT molecular complexity index is 415. The van der Waals surface area contributed by atoms with Crippen molar-refractivity contribution in [3.05, 3.63) is 35.9 Å².